The van der Waals surface area contributed by atoms with Gasteiger partial charge in [-0.3, -0.25) is 0 Å². The summed E-state index contributed by atoms with van der Waals surface area (Å²) in [6, 6.07) is 9.26. The molecule has 0 saturated heterocycles. The van der Waals surface area contributed by atoms with Crippen molar-refractivity contribution in [3.63, 3.8) is 0 Å². The summed E-state index contributed by atoms with van der Waals surface area (Å²) in [5.41, 5.74) is 2.31. The van der Waals surface area contributed by atoms with Gasteiger partial charge in [-0.1, -0.05) is 19.9 Å². The molecule has 3 rings (SSSR count). The number of alkyl halides is 1. The Morgan fingerprint density at radius 2 is 2.19 bits per heavy atom. The molecule has 2 aromatic rings. The van der Waals surface area contributed by atoms with Crippen molar-refractivity contribution in [1.29, 1.82) is 0 Å². The Morgan fingerprint density at radius 3 is 2.76 bits per heavy atom. The van der Waals surface area contributed by atoms with Gasteiger partial charge in [0.25, 0.3) is 0 Å². The first-order chi connectivity index (χ1) is 10.2. The number of pyridine rings is 1. The van der Waals surface area contributed by atoms with Crippen LogP contribution in [-0.4, -0.2) is 11.0 Å². The molecule has 1 aliphatic carbocycles. The van der Waals surface area contributed by atoms with E-state index in [0.717, 1.165) is 18.1 Å². The van der Waals surface area contributed by atoms with E-state index in [-0.39, 0.29) is 0 Å². The Balaban J connectivity index is 1.92. The average molecular weight is 321 g/mol. The zero-order valence-corrected chi connectivity index (χ0v) is 14.1. The number of hydrogen-bond acceptors (Lipinski definition) is 3. The normalized spacial score (nSPS) is 14.7. The molecule has 0 aromatic carbocycles. The molecule has 21 heavy (non-hydrogen) atoms. The Morgan fingerprint density at radius 1 is 1.38 bits per heavy atom. The van der Waals surface area contributed by atoms with E-state index in [2.05, 4.69) is 48.4 Å². The van der Waals surface area contributed by atoms with Gasteiger partial charge < -0.3 is 4.90 Å². The predicted molar refractivity (Wildman–Crippen MR) is 91.4 cm³/mol. The van der Waals surface area contributed by atoms with Crippen LogP contribution in [0.15, 0.2) is 29.6 Å². The van der Waals surface area contributed by atoms with Gasteiger partial charge in [0.2, 0.25) is 0 Å². The Hall–Kier alpha value is -1.06. The highest BCUT2D eigenvalue weighted by Gasteiger charge is 2.30. The van der Waals surface area contributed by atoms with E-state index in [1.807, 2.05) is 11.3 Å². The lowest BCUT2D eigenvalue weighted by Gasteiger charge is -2.24. The fourth-order valence-electron chi connectivity index (χ4n) is 2.47. The van der Waals surface area contributed by atoms with Crippen LogP contribution >= 0.6 is 22.9 Å². The second-order valence-corrected chi connectivity index (χ2v) is 7.28. The second-order valence-electron chi connectivity index (χ2n) is 5.99. The van der Waals surface area contributed by atoms with Crippen LogP contribution in [0.2, 0.25) is 0 Å². The minimum Gasteiger partial charge on any atom is -0.348 e. The summed E-state index contributed by atoms with van der Waals surface area (Å²) >= 11 is 7.89. The highest BCUT2D eigenvalue weighted by atomic mass is 35.5. The highest BCUT2D eigenvalue weighted by molar-refractivity contribution is 7.09. The molecule has 0 unspecified atom stereocenters. The van der Waals surface area contributed by atoms with Crippen molar-refractivity contribution >= 4 is 28.8 Å². The molecule has 0 radical (unpaired) electrons. The van der Waals surface area contributed by atoms with Crippen molar-refractivity contribution < 1.29 is 0 Å². The summed E-state index contributed by atoms with van der Waals surface area (Å²) in [6.45, 7) is 5.33. The highest BCUT2D eigenvalue weighted by Crippen LogP contribution is 2.34. The smallest absolute Gasteiger partial charge is 0.129 e. The number of nitrogens with zero attached hydrogens (tertiary/aromatic N) is 2. The third-order valence-electron chi connectivity index (χ3n) is 3.83. The lowest BCUT2D eigenvalue weighted by molar-refractivity contribution is 0.760. The van der Waals surface area contributed by atoms with Crippen LogP contribution in [0.1, 0.15) is 48.7 Å². The van der Waals surface area contributed by atoms with Crippen molar-refractivity contribution in [3.05, 3.63) is 45.8 Å². The third-order valence-corrected chi connectivity index (χ3v) is 5.00. The summed E-state index contributed by atoms with van der Waals surface area (Å²) in [5.74, 6) is 2.06. The number of aromatic nitrogens is 1. The van der Waals surface area contributed by atoms with Gasteiger partial charge >= 0.3 is 0 Å². The van der Waals surface area contributed by atoms with Crippen molar-refractivity contribution in [3.8, 4) is 0 Å². The number of rotatable bonds is 6. The summed E-state index contributed by atoms with van der Waals surface area (Å²) < 4.78 is 0. The summed E-state index contributed by atoms with van der Waals surface area (Å²) in [6.07, 6.45) is 2.55. The fraction of sp³-hybridized carbons (Fsp3) is 0.471. The molecule has 2 nitrogen and oxygen atoms in total. The minimum atomic E-state index is 0.426. The topological polar surface area (TPSA) is 16.1 Å². The van der Waals surface area contributed by atoms with E-state index in [4.69, 9.17) is 16.6 Å². The second kappa shape index (κ2) is 6.37. The molecule has 0 amide bonds. The van der Waals surface area contributed by atoms with E-state index in [0.29, 0.717) is 17.8 Å². The number of anilines is 1. The number of halogens is 1. The van der Waals surface area contributed by atoms with Crippen LogP contribution in [0, 0.1) is 0 Å². The van der Waals surface area contributed by atoms with Crippen molar-refractivity contribution in [2.24, 2.45) is 0 Å². The maximum absolute atomic E-state index is 6.07. The standard InChI is InChI=1S/C17H21ClN2S/c1-12(2)16-8-13(10-18)9-17(19-16)20(14-5-6-14)11-15-4-3-7-21-15/h3-4,7-9,12,14H,5-6,10-11H2,1-2H3. The van der Waals surface area contributed by atoms with Crippen LogP contribution in [0.5, 0.6) is 0 Å². The molecule has 0 aliphatic heterocycles. The van der Waals surface area contributed by atoms with Gasteiger partial charge in [-0.25, -0.2) is 4.98 Å². The molecule has 1 fully saturated rings. The number of thiophene rings is 1. The van der Waals surface area contributed by atoms with E-state index in [1.54, 1.807) is 0 Å². The van der Waals surface area contributed by atoms with E-state index in [9.17, 15) is 0 Å². The van der Waals surface area contributed by atoms with Gasteiger partial charge in [0.15, 0.2) is 0 Å². The average Bonchev–Trinajstić information content (AvgIpc) is 3.20. The number of hydrogen-bond donors (Lipinski definition) is 0. The molecule has 0 atom stereocenters. The minimum absolute atomic E-state index is 0.426. The molecule has 0 spiro atoms. The lowest BCUT2D eigenvalue weighted by Crippen LogP contribution is -2.26. The van der Waals surface area contributed by atoms with Crippen LogP contribution < -0.4 is 4.90 Å². The first-order valence-corrected chi connectivity index (χ1v) is 8.94. The molecule has 1 saturated carbocycles. The fourth-order valence-corrected chi connectivity index (χ4v) is 3.33. The molecule has 4 heteroatoms. The van der Waals surface area contributed by atoms with Gasteiger partial charge in [-0.05, 0) is 47.9 Å². The zero-order valence-electron chi connectivity index (χ0n) is 12.6. The predicted octanol–water partition coefficient (Wildman–Crippen LogP) is 5.17. The Kier molecular flexibility index (Phi) is 4.51. The van der Waals surface area contributed by atoms with Crippen LogP contribution in [0.3, 0.4) is 0 Å². The largest absolute Gasteiger partial charge is 0.348 e. The molecule has 1 aliphatic rings. The van der Waals surface area contributed by atoms with Gasteiger partial charge in [-0.2, -0.15) is 0 Å². The van der Waals surface area contributed by atoms with Crippen LogP contribution in [-0.2, 0) is 12.4 Å². The molecule has 2 aromatic heterocycles. The van der Waals surface area contributed by atoms with Gasteiger partial charge in [0, 0.05) is 22.5 Å². The molecule has 2 heterocycles. The van der Waals surface area contributed by atoms with Crippen molar-refractivity contribution in [2.45, 2.75) is 51.1 Å². The van der Waals surface area contributed by atoms with Gasteiger partial charge in [-0.15, -0.1) is 22.9 Å². The van der Waals surface area contributed by atoms with Crippen molar-refractivity contribution in [1.82, 2.24) is 4.98 Å². The summed E-state index contributed by atoms with van der Waals surface area (Å²) in [5, 5.41) is 2.14. The Bertz CT molecular complexity index is 591. The summed E-state index contributed by atoms with van der Waals surface area (Å²) in [4.78, 5) is 8.74. The van der Waals surface area contributed by atoms with Crippen LogP contribution in [0.25, 0.3) is 0 Å². The maximum Gasteiger partial charge on any atom is 0.129 e. The van der Waals surface area contributed by atoms with E-state index < -0.39 is 0 Å². The molecule has 112 valence electrons. The molecule has 0 N–H and O–H groups in total. The molecular formula is C17H21ClN2S. The monoisotopic (exact) mass is 320 g/mol. The molecule has 0 bridgehead atoms. The first-order valence-electron chi connectivity index (χ1n) is 7.53. The quantitative estimate of drug-likeness (QED) is 0.682. The van der Waals surface area contributed by atoms with Gasteiger partial charge in [0.05, 0.1) is 6.54 Å². The zero-order chi connectivity index (χ0) is 14.8. The third kappa shape index (κ3) is 3.58. The van der Waals surface area contributed by atoms with Crippen molar-refractivity contribution in [2.75, 3.05) is 4.90 Å². The van der Waals surface area contributed by atoms with E-state index in [1.165, 1.54) is 23.3 Å². The Labute approximate surface area is 135 Å². The summed E-state index contributed by atoms with van der Waals surface area (Å²) in [7, 11) is 0. The maximum atomic E-state index is 6.07. The van der Waals surface area contributed by atoms with Gasteiger partial charge in [0.1, 0.15) is 5.82 Å². The first kappa shape index (κ1) is 14.9. The SMILES string of the molecule is CC(C)c1cc(CCl)cc(N(Cc2cccs2)C2CC2)n1. The lowest BCUT2D eigenvalue weighted by atomic mass is 10.1. The molecular weight excluding hydrogens is 300 g/mol. The van der Waals surface area contributed by atoms with Crippen LogP contribution in [0.4, 0.5) is 5.82 Å². The van der Waals surface area contributed by atoms with E-state index >= 15 is 0 Å².